The van der Waals surface area contributed by atoms with E-state index in [4.69, 9.17) is 9.83 Å². The van der Waals surface area contributed by atoms with Crippen molar-refractivity contribution in [2.75, 3.05) is 0 Å². The SMILES string of the molecule is N=C(Cc1ccccc1)c1ccc(-c2ccc3oc4ccccc4c3c2)cc1. The van der Waals surface area contributed by atoms with Crippen LogP contribution in [0.15, 0.2) is 101 Å². The molecule has 1 heterocycles. The minimum Gasteiger partial charge on any atom is -0.456 e. The van der Waals surface area contributed by atoms with Crippen LogP contribution in [0.3, 0.4) is 0 Å². The van der Waals surface area contributed by atoms with Crippen LogP contribution < -0.4 is 0 Å². The summed E-state index contributed by atoms with van der Waals surface area (Å²) in [5.74, 6) is 0. The fourth-order valence-corrected chi connectivity index (χ4v) is 3.67. The van der Waals surface area contributed by atoms with Gasteiger partial charge in [-0.3, -0.25) is 0 Å². The van der Waals surface area contributed by atoms with Crippen molar-refractivity contribution >= 4 is 27.7 Å². The molecule has 0 saturated heterocycles. The summed E-state index contributed by atoms with van der Waals surface area (Å²) in [6.45, 7) is 0. The molecule has 0 unspecified atom stereocenters. The van der Waals surface area contributed by atoms with E-state index in [0.29, 0.717) is 12.1 Å². The Bertz CT molecular complexity index is 1280. The van der Waals surface area contributed by atoms with Crippen LogP contribution in [0.4, 0.5) is 0 Å². The maximum absolute atomic E-state index is 8.41. The molecule has 5 rings (SSSR count). The second kappa shape index (κ2) is 6.82. The topological polar surface area (TPSA) is 37.0 Å². The lowest BCUT2D eigenvalue weighted by Crippen LogP contribution is -2.03. The third-order valence-corrected chi connectivity index (χ3v) is 5.17. The number of para-hydroxylation sites is 1. The zero-order chi connectivity index (χ0) is 18.9. The highest BCUT2D eigenvalue weighted by Crippen LogP contribution is 2.32. The van der Waals surface area contributed by atoms with Crippen LogP contribution in [0.5, 0.6) is 0 Å². The molecule has 0 radical (unpaired) electrons. The van der Waals surface area contributed by atoms with E-state index in [2.05, 4.69) is 42.5 Å². The molecule has 28 heavy (non-hydrogen) atoms. The molecule has 1 N–H and O–H groups in total. The number of benzene rings is 4. The summed E-state index contributed by atoms with van der Waals surface area (Å²) in [4.78, 5) is 0. The molecule has 0 spiro atoms. The highest BCUT2D eigenvalue weighted by Gasteiger charge is 2.09. The fourth-order valence-electron chi connectivity index (χ4n) is 3.67. The van der Waals surface area contributed by atoms with Crippen molar-refractivity contribution in [3.8, 4) is 11.1 Å². The monoisotopic (exact) mass is 361 g/mol. The first-order valence-corrected chi connectivity index (χ1v) is 9.41. The molecule has 0 atom stereocenters. The largest absolute Gasteiger partial charge is 0.456 e. The van der Waals surface area contributed by atoms with Crippen molar-refractivity contribution in [1.82, 2.24) is 0 Å². The van der Waals surface area contributed by atoms with Crippen molar-refractivity contribution in [1.29, 1.82) is 5.41 Å². The minimum atomic E-state index is 0.633. The van der Waals surface area contributed by atoms with Gasteiger partial charge in [0, 0.05) is 22.9 Å². The third-order valence-electron chi connectivity index (χ3n) is 5.17. The maximum atomic E-state index is 8.41. The predicted octanol–water partition coefficient (Wildman–Crippen LogP) is 6.86. The summed E-state index contributed by atoms with van der Waals surface area (Å²) < 4.78 is 5.92. The standard InChI is InChI=1S/C26H19NO/c27-24(16-18-6-2-1-3-7-18)20-12-10-19(11-13-20)21-14-15-26-23(17-21)22-8-4-5-9-25(22)28-26/h1-15,17,27H,16H2. The van der Waals surface area contributed by atoms with Gasteiger partial charge in [0.2, 0.25) is 0 Å². The Morgan fingerprint density at radius 3 is 2.14 bits per heavy atom. The molecule has 5 aromatic rings. The smallest absolute Gasteiger partial charge is 0.135 e. The second-order valence-corrected chi connectivity index (χ2v) is 7.03. The van der Waals surface area contributed by atoms with Gasteiger partial charge in [-0.15, -0.1) is 0 Å². The number of hydrogen-bond donors (Lipinski definition) is 1. The lowest BCUT2D eigenvalue weighted by atomic mass is 9.98. The molecule has 0 aliphatic carbocycles. The Labute approximate surface area is 163 Å². The molecule has 2 heteroatoms. The van der Waals surface area contributed by atoms with Crippen LogP contribution in [0.25, 0.3) is 33.1 Å². The number of furan rings is 1. The van der Waals surface area contributed by atoms with E-state index in [0.717, 1.165) is 44.2 Å². The molecular weight excluding hydrogens is 342 g/mol. The lowest BCUT2D eigenvalue weighted by Gasteiger charge is -2.07. The van der Waals surface area contributed by atoms with E-state index in [1.807, 2.05) is 54.6 Å². The van der Waals surface area contributed by atoms with Crippen LogP contribution in [-0.2, 0) is 6.42 Å². The first-order chi connectivity index (χ1) is 13.8. The number of rotatable bonds is 4. The average molecular weight is 361 g/mol. The van der Waals surface area contributed by atoms with E-state index >= 15 is 0 Å². The first kappa shape index (κ1) is 16.5. The summed E-state index contributed by atoms with van der Waals surface area (Å²) in [7, 11) is 0. The van der Waals surface area contributed by atoms with Gasteiger partial charge in [-0.25, -0.2) is 0 Å². The average Bonchev–Trinajstić information content (AvgIpc) is 3.12. The summed E-state index contributed by atoms with van der Waals surface area (Å²) in [6, 6.07) is 32.9. The predicted molar refractivity (Wildman–Crippen MR) is 116 cm³/mol. The van der Waals surface area contributed by atoms with Gasteiger partial charge in [-0.1, -0.05) is 78.9 Å². The van der Waals surface area contributed by atoms with Crippen LogP contribution in [0.2, 0.25) is 0 Å². The molecule has 0 saturated carbocycles. The molecule has 0 aliphatic heterocycles. The van der Waals surface area contributed by atoms with Crippen molar-refractivity contribution < 1.29 is 4.42 Å². The van der Waals surface area contributed by atoms with Gasteiger partial charge in [0.05, 0.1) is 0 Å². The van der Waals surface area contributed by atoms with Crippen molar-refractivity contribution in [3.63, 3.8) is 0 Å². The summed E-state index contributed by atoms with van der Waals surface area (Å²) in [5, 5.41) is 10.7. The molecule has 1 aromatic heterocycles. The lowest BCUT2D eigenvalue weighted by molar-refractivity contribution is 0.669. The zero-order valence-electron chi connectivity index (χ0n) is 15.4. The highest BCUT2D eigenvalue weighted by molar-refractivity contribution is 6.06. The van der Waals surface area contributed by atoms with E-state index in [9.17, 15) is 0 Å². The Morgan fingerprint density at radius 1 is 0.643 bits per heavy atom. The van der Waals surface area contributed by atoms with Crippen LogP contribution in [0.1, 0.15) is 11.1 Å². The first-order valence-electron chi connectivity index (χ1n) is 9.41. The van der Waals surface area contributed by atoms with Gasteiger partial charge in [0.1, 0.15) is 11.2 Å². The molecular formula is C26H19NO. The van der Waals surface area contributed by atoms with Gasteiger partial charge >= 0.3 is 0 Å². The minimum absolute atomic E-state index is 0.633. The summed E-state index contributed by atoms with van der Waals surface area (Å²) in [5.41, 5.74) is 6.87. The fraction of sp³-hybridized carbons (Fsp3) is 0.0385. The van der Waals surface area contributed by atoms with Gasteiger partial charge < -0.3 is 9.83 Å². The summed E-state index contributed by atoms with van der Waals surface area (Å²) >= 11 is 0. The number of fused-ring (bicyclic) bond motifs is 3. The van der Waals surface area contributed by atoms with E-state index < -0.39 is 0 Å². The highest BCUT2D eigenvalue weighted by atomic mass is 16.3. The maximum Gasteiger partial charge on any atom is 0.135 e. The van der Waals surface area contributed by atoms with Crippen molar-refractivity contribution in [2.45, 2.75) is 6.42 Å². The van der Waals surface area contributed by atoms with E-state index in [1.165, 1.54) is 0 Å². The molecule has 4 aromatic carbocycles. The number of hydrogen-bond acceptors (Lipinski definition) is 2. The van der Waals surface area contributed by atoms with Crippen LogP contribution >= 0.6 is 0 Å². The van der Waals surface area contributed by atoms with Crippen LogP contribution in [0, 0.1) is 5.41 Å². The third kappa shape index (κ3) is 2.99. The molecule has 0 fully saturated rings. The molecule has 0 bridgehead atoms. The normalized spacial score (nSPS) is 11.1. The van der Waals surface area contributed by atoms with E-state index in [-0.39, 0.29) is 0 Å². The molecule has 134 valence electrons. The van der Waals surface area contributed by atoms with Gasteiger partial charge in [0.25, 0.3) is 0 Å². The molecule has 0 aliphatic rings. The van der Waals surface area contributed by atoms with Gasteiger partial charge in [-0.05, 0) is 40.5 Å². The quantitative estimate of drug-likeness (QED) is 0.349. The molecule has 2 nitrogen and oxygen atoms in total. The van der Waals surface area contributed by atoms with Gasteiger partial charge in [0.15, 0.2) is 0 Å². The van der Waals surface area contributed by atoms with Crippen LogP contribution in [-0.4, -0.2) is 5.71 Å². The summed E-state index contributed by atoms with van der Waals surface area (Å²) in [6.07, 6.45) is 0.646. The van der Waals surface area contributed by atoms with Gasteiger partial charge in [-0.2, -0.15) is 0 Å². The Balaban J connectivity index is 1.45. The molecule has 0 amide bonds. The van der Waals surface area contributed by atoms with Crippen molar-refractivity contribution in [3.05, 3.63) is 108 Å². The van der Waals surface area contributed by atoms with E-state index in [1.54, 1.807) is 0 Å². The second-order valence-electron chi connectivity index (χ2n) is 7.03. The zero-order valence-corrected chi connectivity index (χ0v) is 15.4. The Hall–Kier alpha value is -3.65. The number of nitrogens with one attached hydrogen (secondary N) is 1. The van der Waals surface area contributed by atoms with Crippen molar-refractivity contribution in [2.24, 2.45) is 0 Å². The Morgan fingerprint density at radius 2 is 1.32 bits per heavy atom. The Kier molecular flexibility index (Phi) is 4.02.